The maximum Gasteiger partial charge on any atom is 0.244 e. The van der Waals surface area contributed by atoms with Crippen molar-refractivity contribution in [3.63, 3.8) is 0 Å². The number of hydrogen-bond acceptors (Lipinski definition) is 3. The van der Waals surface area contributed by atoms with Crippen molar-refractivity contribution < 1.29 is 4.79 Å². The second-order valence-corrected chi connectivity index (χ2v) is 7.93. The molecule has 1 saturated heterocycles. The topological polar surface area (TPSA) is 32.3 Å². The Morgan fingerprint density at radius 1 is 1.38 bits per heavy atom. The summed E-state index contributed by atoms with van der Waals surface area (Å²) >= 11 is 1.81. The molecule has 1 aromatic rings. The van der Waals surface area contributed by atoms with Crippen LogP contribution in [0.25, 0.3) is 0 Å². The van der Waals surface area contributed by atoms with Crippen LogP contribution in [0, 0.1) is 12.8 Å². The van der Waals surface area contributed by atoms with Gasteiger partial charge >= 0.3 is 0 Å². The average Bonchev–Trinajstić information content (AvgIpc) is 3.03. The minimum atomic E-state index is -0.233. The van der Waals surface area contributed by atoms with Crippen LogP contribution >= 0.6 is 11.3 Å². The molecule has 116 valence electrons. The first-order chi connectivity index (χ1) is 10.0. The first-order valence-electron chi connectivity index (χ1n) is 8.19. The second-order valence-electron chi connectivity index (χ2n) is 6.61. The molecule has 21 heavy (non-hydrogen) atoms. The quantitative estimate of drug-likeness (QED) is 0.896. The predicted octanol–water partition coefficient (Wildman–Crippen LogP) is 3.84. The summed E-state index contributed by atoms with van der Waals surface area (Å²) < 4.78 is 0. The second kappa shape index (κ2) is 5.40. The molecule has 2 heterocycles. The zero-order valence-corrected chi connectivity index (χ0v) is 14.3. The van der Waals surface area contributed by atoms with Gasteiger partial charge in [0, 0.05) is 15.8 Å². The van der Waals surface area contributed by atoms with Gasteiger partial charge in [0.25, 0.3) is 0 Å². The number of rotatable bonds is 5. The fourth-order valence-corrected chi connectivity index (χ4v) is 4.60. The molecule has 1 aliphatic carbocycles. The van der Waals surface area contributed by atoms with Crippen LogP contribution in [-0.4, -0.2) is 22.4 Å². The summed E-state index contributed by atoms with van der Waals surface area (Å²) in [5.74, 6) is 0.908. The van der Waals surface area contributed by atoms with Crippen LogP contribution in [0.4, 0.5) is 0 Å². The number of thiophene rings is 1. The van der Waals surface area contributed by atoms with Crippen LogP contribution in [0.1, 0.15) is 62.4 Å². The van der Waals surface area contributed by atoms with E-state index in [1.165, 1.54) is 9.75 Å². The molecule has 3 nitrogen and oxygen atoms in total. The summed E-state index contributed by atoms with van der Waals surface area (Å²) in [5, 5.41) is 3.64. The molecule has 2 aliphatic rings. The first-order valence-corrected chi connectivity index (χ1v) is 9.01. The summed E-state index contributed by atoms with van der Waals surface area (Å²) in [4.78, 5) is 17.7. The Hall–Kier alpha value is -0.870. The monoisotopic (exact) mass is 306 g/mol. The average molecular weight is 306 g/mol. The Bertz CT molecular complexity index is 531. The number of hydrogen-bond donors (Lipinski definition) is 1. The van der Waals surface area contributed by atoms with E-state index in [0.29, 0.717) is 17.9 Å². The molecule has 0 aromatic carbocycles. The Morgan fingerprint density at radius 2 is 2.05 bits per heavy atom. The van der Waals surface area contributed by atoms with Crippen molar-refractivity contribution in [3.8, 4) is 0 Å². The van der Waals surface area contributed by atoms with Gasteiger partial charge < -0.3 is 4.90 Å². The minimum Gasteiger partial charge on any atom is -0.317 e. The van der Waals surface area contributed by atoms with Gasteiger partial charge in [-0.15, -0.1) is 11.3 Å². The fourth-order valence-electron chi connectivity index (χ4n) is 3.67. The third-order valence-corrected chi connectivity index (χ3v) is 6.34. The summed E-state index contributed by atoms with van der Waals surface area (Å²) in [5.41, 5.74) is -0.233. The van der Waals surface area contributed by atoms with Crippen LogP contribution < -0.4 is 5.32 Å². The number of carbonyl (C=O) groups is 1. The normalized spacial score (nSPS) is 25.1. The van der Waals surface area contributed by atoms with E-state index in [0.717, 1.165) is 25.7 Å². The van der Waals surface area contributed by atoms with E-state index < -0.39 is 0 Å². The van der Waals surface area contributed by atoms with E-state index in [4.69, 9.17) is 0 Å². The largest absolute Gasteiger partial charge is 0.317 e. The Balaban J connectivity index is 1.91. The van der Waals surface area contributed by atoms with E-state index in [1.54, 1.807) is 0 Å². The number of nitrogens with one attached hydrogen (secondary N) is 1. The Morgan fingerprint density at radius 3 is 2.52 bits per heavy atom. The van der Waals surface area contributed by atoms with Gasteiger partial charge in [0.1, 0.15) is 11.7 Å². The molecule has 1 aromatic heterocycles. The van der Waals surface area contributed by atoms with E-state index in [-0.39, 0.29) is 11.7 Å². The number of aryl methyl sites for hydroxylation is 1. The van der Waals surface area contributed by atoms with Crippen LogP contribution in [-0.2, 0) is 4.79 Å². The molecule has 4 heteroatoms. The molecule has 0 bridgehead atoms. The number of amides is 1. The molecule has 1 spiro atoms. The number of carbonyl (C=O) groups excluding carboxylic acids is 1. The summed E-state index contributed by atoms with van der Waals surface area (Å²) in [6.45, 7) is 8.82. The van der Waals surface area contributed by atoms with Gasteiger partial charge in [0.2, 0.25) is 5.91 Å². The Labute approximate surface area is 131 Å². The van der Waals surface area contributed by atoms with Gasteiger partial charge in [0.15, 0.2) is 0 Å². The number of nitrogens with zero attached hydrogens (tertiary/aromatic N) is 1. The molecule has 1 amide bonds. The van der Waals surface area contributed by atoms with Crippen LogP contribution in [0.2, 0.25) is 0 Å². The first kappa shape index (κ1) is 15.0. The van der Waals surface area contributed by atoms with Gasteiger partial charge in [-0.2, -0.15) is 0 Å². The van der Waals surface area contributed by atoms with Crippen molar-refractivity contribution in [2.75, 3.05) is 0 Å². The molecular formula is C17H26N2OS. The molecule has 1 N–H and O–H groups in total. The van der Waals surface area contributed by atoms with Crippen molar-refractivity contribution in [1.82, 2.24) is 10.2 Å². The maximum atomic E-state index is 12.9. The zero-order chi connectivity index (χ0) is 15.2. The lowest BCUT2D eigenvalue weighted by Crippen LogP contribution is -2.42. The minimum absolute atomic E-state index is 0.0781. The summed E-state index contributed by atoms with van der Waals surface area (Å²) in [6, 6.07) is 4.63. The lowest BCUT2D eigenvalue weighted by molar-refractivity contribution is -0.133. The van der Waals surface area contributed by atoms with E-state index in [9.17, 15) is 4.79 Å². The van der Waals surface area contributed by atoms with Gasteiger partial charge in [-0.25, -0.2) is 0 Å². The molecule has 1 saturated carbocycles. The van der Waals surface area contributed by atoms with E-state index >= 15 is 0 Å². The van der Waals surface area contributed by atoms with Crippen molar-refractivity contribution in [1.29, 1.82) is 0 Å². The highest BCUT2D eigenvalue weighted by molar-refractivity contribution is 7.12. The van der Waals surface area contributed by atoms with E-state index in [2.05, 4.69) is 50.0 Å². The van der Waals surface area contributed by atoms with Crippen LogP contribution in [0.3, 0.4) is 0 Å². The molecule has 2 fully saturated rings. The van der Waals surface area contributed by atoms with Gasteiger partial charge in [-0.3, -0.25) is 10.1 Å². The zero-order valence-electron chi connectivity index (χ0n) is 13.5. The third-order valence-electron chi connectivity index (χ3n) is 5.29. The molecule has 0 radical (unpaired) electrons. The fraction of sp³-hybridized carbons (Fsp3) is 0.706. The summed E-state index contributed by atoms with van der Waals surface area (Å²) in [7, 11) is 0. The SMILES string of the molecule is CCC(CC)C(C)N1C(=O)C2(CC2)NC1c1ccc(C)s1. The lowest BCUT2D eigenvalue weighted by Gasteiger charge is -2.34. The van der Waals surface area contributed by atoms with Crippen molar-refractivity contribution >= 4 is 17.2 Å². The van der Waals surface area contributed by atoms with Gasteiger partial charge in [-0.1, -0.05) is 26.7 Å². The van der Waals surface area contributed by atoms with Gasteiger partial charge in [0.05, 0.1) is 0 Å². The summed E-state index contributed by atoms with van der Waals surface area (Å²) in [6.07, 6.45) is 4.33. The molecule has 2 unspecified atom stereocenters. The van der Waals surface area contributed by atoms with Crippen molar-refractivity contribution in [2.24, 2.45) is 5.92 Å². The highest BCUT2D eigenvalue weighted by Gasteiger charge is 2.60. The smallest absolute Gasteiger partial charge is 0.244 e. The maximum absolute atomic E-state index is 12.9. The van der Waals surface area contributed by atoms with Gasteiger partial charge in [-0.05, 0) is 44.7 Å². The standard InChI is InChI=1S/C17H26N2OS/c1-5-13(6-2)12(4)19-15(14-8-7-11(3)21-14)18-17(9-10-17)16(19)20/h7-8,12-13,15,18H,5-6,9-10H2,1-4H3. The predicted molar refractivity (Wildman–Crippen MR) is 87.3 cm³/mol. The molecule has 2 atom stereocenters. The van der Waals surface area contributed by atoms with Crippen molar-refractivity contribution in [2.45, 2.75) is 71.1 Å². The lowest BCUT2D eigenvalue weighted by atomic mass is 9.93. The highest BCUT2D eigenvalue weighted by Crippen LogP contribution is 2.48. The van der Waals surface area contributed by atoms with Crippen LogP contribution in [0.5, 0.6) is 0 Å². The third kappa shape index (κ3) is 2.42. The molecular weight excluding hydrogens is 280 g/mol. The van der Waals surface area contributed by atoms with Crippen molar-refractivity contribution in [3.05, 3.63) is 21.9 Å². The van der Waals surface area contributed by atoms with Crippen LogP contribution in [0.15, 0.2) is 12.1 Å². The highest BCUT2D eigenvalue weighted by atomic mass is 32.1. The van der Waals surface area contributed by atoms with E-state index in [1.807, 2.05) is 11.3 Å². The molecule has 1 aliphatic heterocycles. The Kier molecular flexibility index (Phi) is 3.87. The molecule has 3 rings (SSSR count).